The van der Waals surface area contributed by atoms with E-state index < -0.39 is 0 Å². The van der Waals surface area contributed by atoms with Crippen molar-refractivity contribution < 1.29 is 0 Å². The second-order valence-corrected chi connectivity index (χ2v) is 14.0. The number of hydrogen-bond acceptors (Lipinski definition) is 3. The summed E-state index contributed by atoms with van der Waals surface area (Å²) in [4.78, 5) is 11.0. The maximum absolute atomic E-state index is 5.51. The standard InChI is InChI=1S/C46H26N2S/c1-3-13-30-27(10-1)12-9-19-37(30)44-38-23-25-41-43(42-31-14-4-2-11-28(31)21-24-40(42)49-41)45(38)48-46(47-44)29-20-22-36-34-17-6-5-15-32(34)33-16-7-8-18-35(33)39(36)26-29/h1-26H. The van der Waals surface area contributed by atoms with E-state index in [1.807, 2.05) is 11.3 Å². The Kier molecular flexibility index (Phi) is 5.57. The van der Waals surface area contributed by atoms with Gasteiger partial charge in [0.1, 0.15) is 0 Å². The van der Waals surface area contributed by atoms with Crippen LogP contribution in [0.1, 0.15) is 0 Å². The van der Waals surface area contributed by atoms with Gasteiger partial charge in [-0.1, -0.05) is 133 Å². The van der Waals surface area contributed by atoms with Gasteiger partial charge in [0.05, 0.1) is 11.2 Å². The third-order valence-electron chi connectivity index (χ3n) is 10.2. The van der Waals surface area contributed by atoms with Crippen LogP contribution in [0.3, 0.4) is 0 Å². The van der Waals surface area contributed by atoms with Gasteiger partial charge in [0.15, 0.2) is 5.82 Å². The third-order valence-corrected chi connectivity index (χ3v) is 11.4. The molecule has 49 heavy (non-hydrogen) atoms. The van der Waals surface area contributed by atoms with Crippen molar-refractivity contribution in [3.05, 3.63) is 158 Å². The van der Waals surface area contributed by atoms with Gasteiger partial charge < -0.3 is 0 Å². The van der Waals surface area contributed by atoms with Gasteiger partial charge in [0.2, 0.25) is 0 Å². The summed E-state index contributed by atoms with van der Waals surface area (Å²) in [6.45, 7) is 0. The summed E-state index contributed by atoms with van der Waals surface area (Å²) in [6.07, 6.45) is 0. The number of aromatic nitrogens is 2. The normalized spacial score (nSPS) is 12.1. The summed E-state index contributed by atoms with van der Waals surface area (Å²) in [6, 6.07) is 57.1. The van der Waals surface area contributed by atoms with Gasteiger partial charge in [0.25, 0.3) is 0 Å². The molecule has 11 aromatic rings. The molecule has 0 aliphatic rings. The first-order chi connectivity index (χ1) is 24.3. The number of nitrogens with zero attached hydrogens (tertiary/aromatic N) is 2. The Morgan fingerprint density at radius 2 is 0.918 bits per heavy atom. The lowest BCUT2D eigenvalue weighted by molar-refractivity contribution is 1.24. The SMILES string of the molecule is c1ccc2c(-c3nc(-c4ccc5c6ccccc6c6ccccc6c5c4)nc4c3ccc3sc5ccc6ccccc6c5c34)cccc2c1. The molecule has 11 rings (SSSR count). The topological polar surface area (TPSA) is 25.8 Å². The number of hydrogen-bond donors (Lipinski definition) is 0. The van der Waals surface area contributed by atoms with Crippen molar-refractivity contribution in [3.63, 3.8) is 0 Å². The van der Waals surface area contributed by atoms with Gasteiger partial charge in [-0.05, 0) is 78.1 Å². The lowest BCUT2D eigenvalue weighted by atomic mass is 9.93. The molecule has 0 fully saturated rings. The Morgan fingerprint density at radius 3 is 1.67 bits per heavy atom. The number of rotatable bonds is 2. The molecule has 0 N–H and O–H groups in total. The van der Waals surface area contributed by atoms with Gasteiger partial charge >= 0.3 is 0 Å². The van der Waals surface area contributed by atoms with Crippen molar-refractivity contribution in [3.8, 4) is 22.6 Å². The highest BCUT2D eigenvalue weighted by Crippen LogP contribution is 2.44. The Morgan fingerprint density at radius 1 is 0.367 bits per heavy atom. The molecule has 0 amide bonds. The van der Waals surface area contributed by atoms with E-state index in [0.717, 1.165) is 33.5 Å². The highest BCUT2D eigenvalue weighted by atomic mass is 32.1. The van der Waals surface area contributed by atoms with Gasteiger partial charge in [-0.25, -0.2) is 9.97 Å². The first-order valence-corrected chi connectivity index (χ1v) is 17.5. The van der Waals surface area contributed by atoms with Gasteiger partial charge in [0, 0.05) is 36.7 Å². The van der Waals surface area contributed by atoms with Crippen LogP contribution in [0, 0.1) is 0 Å². The molecule has 0 atom stereocenters. The first kappa shape index (κ1) is 26.9. The summed E-state index contributed by atoms with van der Waals surface area (Å²) in [7, 11) is 0. The molecule has 0 bridgehead atoms. The van der Waals surface area contributed by atoms with Gasteiger partial charge in [-0.3, -0.25) is 0 Å². The van der Waals surface area contributed by atoms with Crippen molar-refractivity contribution in [1.82, 2.24) is 9.97 Å². The van der Waals surface area contributed by atoms with Crippen LogP contribution in [-0.4, -0.2) is 9.97 Å². The predicted molar refractivity (Wildman–Crippen MR) is 211 cm³/mol. The van der Waals surface area contributed by atoms with E-state index in [9.17, 15) is 0 Å². The summed E-state index contributed by atoms with van der Waals surface area (Å²) in [5, 5.41) is 15.9. The maximum Gasteiger partial charge on any atom is 0.160 e. The fourth-order valence-electron chi connectivity index (χ4n) is 8.03. The molecule has 2 nitrogen and oxygen atoms in total. The Balaban J connectivity index is 1.30. The summed E-state index contributed by atoms with van der Waals surface area (Å²) < 4.78 is 2.51. The average molecular weight is 639 g/mol. The molecular formula is C46H26N2S. The molecule has 0 aliphatic carbocycles. The summed E-state index contributed by atoms with van der Waals surface area (Å²) in [5.74, 6) is 0.738. The smallest absolute Gasteiger partial charge is 0.160 e. The van der Waals surface area contributed by atoms with Crippen LogP contribution in [0.25, 0.3) is 108 Å². The molecular weight excluding hydrogens is 613 g/mol. The van der Waals surface area contributed by atoms with E-state index in [-0.39, 0.29) is 0 Å². The zero-order valence-electron chi connectivity index (χ0n) is 26.3. The highest BCUT2D eigenvalue weighted by molar-refractivity contribution is 7.26. The number of fused-ring (bicyclic) bond motifs is 14. The summed E-state index contributed by atoms with van der Waals surface area (Å²) >= 11 is 1.84. The van der Waals surface area contributed by atoms with Crippen LogP contribution in [-0.2, 0) is 0 Å². The van der Waals surface area contributed by atoms with Gasteiger partial charge in [-0.2, -0.15) is 0 Å². The monoisotopic (exact) mass is 638 g/mol. The largest absolute Gasteiger partial charge is 0.227 e. The minimum Gasteiger partial charge on any atom is -0.227 e. The van der Waals surface area contributed by atoms with Crippen molar-refractivity contribution >= 4 is 96.3 Å². The van der Waals surface area contributed by atoms with E-state index in [0.29, 0.717) is 0 Å². The van der Waals surface area contributed by atoms with Gasteiger partial charge in [-0.15, -0.1) is 11.3 Å². The fourth-order valence-corrected chi connectivity index (χ4v) is 9.15. The Hall–Kier alpha value is -6.16. The van der Waals surface area contributed by atoms with E-state index in [4.69, 9.17) is 9.97 Å². The average Bonchev–Trinajstić information content (AvgIpc) is 3.57. The van der Waals surface area contributed by atoms with Crippen molar-refractivity contribution in [2.24, 2.45) is 0 Å². The maximum atomic E-state index is 5.51. The first-order valence-electron chi connectivity index (χ1n) is 16.7. The minimum atomic E-state index is 0.738. The van der Waals surface area contributed by atoms with Crippen molar-refractivity contribution in [2.75, 3.05) is 0 Å². The predicted octanol–water partition coefficient (Wildman–Crippen LogP) is 13.1. The van der Waals surface area contributed by atoms with Crippen LogP contribution < -0.4 is 0 Å². The van der Waals surface area contributed by atoms with Crippen LogP contribution in [0.4, 0.5) is 0 Å². The molecule has 2 heterocycles. The molecule has 0 saturated heterocycles. The van der Waals surface area contributed by atoms with E-state index >= 15 is 0 Å². The molecule has 9 aromatic carbocycles. The Bertz CT molecular complexity index is 3130. The molecule has 0 saturated carbocycles. The molecule has 0 spiro atoms. The van der Waals surface area contributed by atoms with Crippen LogP contribution in [0.5, 0.6) is 0 Å². The quantitative estimate of drug-likeness (QED) is 0.176. The number of benzene rings is 9. The van der Waals surface area contributed by atoms with E-state index in [2.05, 4.69) is 158 Å². The van der Waals surface area contributed by atoms with Crippen molar-refractivity contribution in [1.29, 1.82) is 0 Å². The molecule has 226 valence electrons. The molecule has 0 unspecified atom stereocenters. The minimum absolute atomic E-state index is 0.738. The zero-order chi connectivity index (χ0) is 32.1. The molecule has 0 aliphatic heterocycles. The van der Waals surface area contributed by atoms with Crippen LogP contribution in [0.15, 0.2) is 158 Å². The van der Waals surface area contributed by atoms with Crippen LogP contribution >= 0.6 is 11.3 Å². The number of thiophene rings is 1. The fraction of sp³-hybridized carbons (Fsp3) is 0. The highest BCUT2D eigenvalue weighted by Gasteiger charge is 2.20. The Labute approximate surface area is 285 Å². The molecule has 3 heteroatoms. The molecule has 2 aromatic heterocycles. The van der Waals surface area contributed by atoms with Crippen LogP contribution in [0.2, 0.25) is 0 Å². The van der Waals surface area contributed by atoms with Crippen molar-refractivity contribution in [2.45, 2.75) is 0 Å². The third kappa shape index (κ3) is 3.88. The second-order valence-electron chi connectivity index (χ2n) is 12.9. The van der Waals surface area contributed by atoms with E-state index in [1.165, 1.54) is 74.0 Å². The van der Waals surface area contributed by atoms with E-state index in [1.54, 1.807) is 0 Å². The molecule has 0 radical (unpaired) electrons. The lowest BCUT2D eigenvalue weighted by Gasteiger charge is -2.14. The lowest BCUT2D eigenvalue weighted by Crippen LogP contribution is -1.96. The second kappa shape index (κ2) is 10.2. The zero-order valence-corrected chi connectivity index (χ0v) is 27.1. The summed E-state index contributed by atoms with van der Waals surface area (Å²) in [5.41, 5.74) is 4.09.